The quantitative estimate of drug-likeness (QED) is 0.754. The first-order chi connectivity index (χ1) is 7.37. The lowest BCUT2D eigenvalue weighted by molar-refractivity contribution is -0.122. The highest BCUT2D eigenvalue weighted by Gasteiger charge is 2.35. The van der Waals surface area contributed by atoms with E-state index in [9.17, 15) is 4.79 Å². The van der Waals surface area contributed by atoms with Gasteiger partial charge in [0, 0.05) is 13.0 Å². The monoisotopic (exact) mass is 226 g/mol. The molecule has 94 valence electrons. The van der Waals surface area contributed by atoms with Crippen LogP contribution in [0.15, 0.2) is 0 Å². The zero-order valence-corrected chi connectivity index (χ0v) is 10.9. The summed E-state index contributed by atoms with van der Waals surface area (Å²) in [6, 6.07) is 0. The summed E-state index contributed by atoms with van der Waals surface area (Å²) in [6.07, 6.45) is 5.17. The van der Waals surface area contributed by atoms with Gasteiger partial charge < -0.3 is 11.1 Å². The van der Waals surface area contributed by atoms with Crippen LogP contribution in [0.5, 0.6) is 0 Å². The third-order valence-corrected chi connectivity index (χ3v) is 3.61. The summed E-state index contributed by atoms with van der Waals surface area (Å²) in [7, 11) is 0. The fraction of sp³-hybridized carbons (Fsp3) is 0.923. The number of hydrogen-bond donors (Lipinski definition) is 2. The van der Waals surface area contributed by atoms with Crippen LogP contribution in [-0.4, -0.2) is 19.0 Å². The van der Waals surface area contributed by atoms with Crippen LogP contribution in [0.4, 0.5) is 0 Å². The molecule has 1 aliphatic rings. The molecular weight excluding hydrogens is 200 g/mol. The molecule has 3 heteroatoms. The van der Waals surface area contributed by atoms with Gasteiger partial charge in [0.1, 0.15) is 0 Å². The summed E-state index contributed by atoms with van der Waals surface area (Å²) in [5.41, 5.74) is 6.20. The molecule has 0 aromatic carbocycles. The second-order valence-corrected chi connectivity index (χ2v) is 6.40. The van der Waals surface area contributed by atoms with Gasteiger partial charge in [-0.25, -0.2) is 0 Å². The molecule has 0 bridgehead atoms. The molecule has 0 aromatic heterocycles. The van der Waals surface area contributed by atoms with Gasteiger partial charge in [0.2, 0.25) is 5.91 Å². The lowest BCUT2D eigenvalue weighted by Crippen LogP contribution is -2.46. The van der Waals surface area contributed by atoms with Crippen LogP contribution >= 0.6 is 0 Å². The van der Waals surface area contributed by atoms with Crippen LogP contribution in [-0.2, 0) is 4.79 Å². The van der Waals surface area contributed by atoms with Crippen molar-refractivity contribution in [3.63, 3.8) is 0 Å². The molecule has 0 heterocycles. The molecule has 0 aromatic rings. The van der Waals surface area contributed by atoms with E-state index in [0.717, 1.165) is 13.0 Å². The molecule has 16 heavy (non-hydrogen) atoms. The number of carbonyl (C=O) groups excluding carboxylic acids is 1. The molecule has 0 radical (unpaired) electrons. The first kappa shape index (κ1) is 13.5. The van der Waals surface area contributed by atoms with Gasteiger partial charge in [-0.2, -0.15) is 0 Å². The van der Waals surface area contributed by atoms with Crippen molar-refractivity contribution >= 4 is 5.91 Å². The topological polar surface area (TPSA) is 55.1 Å². The van der Waals surface area contributed by atoms with Crippen LogP contribution < -0.4 is 11.1 Å². The maximum absolute atomic E-state index is 11.6. The van der Waals surface area contributed by atoms with Crippen molar-refractivity contribution < 1.29 is 4.79 Å². The number of hydrogen-bond acceptors (Lipinski definition) is 2. The molecule has 1 amide bonds. The Morgan fingerprint density at radius 2 is 2.00 bits per heavy atom. The van der Waals surface area contributed by atoms with Crippen molar-refractivity contribution in [2.45, 2.75) is 52.9 Å². The molecule has 3 nitrogen and oxygen atoms in total. The molecule has 0 atom stereocenters. The van der Waals surface area contributed by atoms with Gasteiger partial charge in [0.25, 0.3) is 0 Å². The fourth-order valence-electron chi connectivity index (χ4n) is 1.99. The highest BCUT2D eigenvalue weighted by atomic mass is 16.1. The van der Waals surface area contributed by atoms with E-state index < -0.39 is 0 Å². The number of amides is 1. The SMILES string of the molecule is CC(C)(C)CCC(=O)NCC1(CN)CCC1. The summed E-state index contributed by atoms with van der Waals surface area (Å²) in [5.74, 6) is 0.176. The molecular formula is C13H26N2O. The largest absolute Gasteiger partial charge is 0.355 e. The molecule has 1 aliphatic carbocycles. The minimum atomic E-state index is 0.176. The summed E-state index contributed by atoms with van der Waals surface area (Å²) >= 11 is 0. The first-order valence-corrected chi connectivity index (χ1v) is 6.34. The van der Waals surface area contributed by atoms with Crippen LogP contribution in [0.3, 0.4) is 0 Å². The highest BCUT2D eigenvalue weighted by molar-refractivity contribution is 5.75. The predicted octanol–water partition coefficient (Wildman–Crippen LogP) is 2.06. The van der Waals surface area contributed by atoms with Gasteiger partial charge in [-0.3, -0.25) is 4.79 Å². The maximum atomic E-state index is 11.6. The van der Waals surface area contributed by atoms with Crippen molar-refractivity contribution in [3.8, 4) is 0 Å². The van der Waals surface area contributed by atoms with Crippen molar-refractivity contribution in [1.82, 2.24) is 5.32 Å². The standard InChI is InChI=1S/C13H26N2O/c1-12(2,3)8-5-11(16)15-10-13(9-14)6-4-7-13/h4-10,14H2,1-3H3,(H,15,16). The third kappa shape index (κ3) is 4.12. The molecule has 1 rings (SSSR count). The minimum Gasteiger partial charge on any atom is -0.355 e. The van der Waals surface area contributed by atoms with E-state index in [1.165, 1.54) is 19.3 Å². The van der Waals surface area contributed by atoms with E-state index in [4.69, 9.17) is 5.73 Å². The van der Waals surface area contributed by atoms with Gasteiger partial charge >= 0.3 is 0 Å². The average Bonchev–Trinajstić information content (AvgIpc) is 2.13. The van der Waals surface area contributed by atoms with Gasteiger partial charge in [0.15, 0.2) is 0 Å². The number of nitrogens with one attached hydrogen (secondary N) is 1. The summed E-state index contributed by atoms with van der Waals surface area (Å²) in [6.45, 7) is 7.95. The van der Waals surface area contributed by atoms with E-state index >= 15 is 0 Å². The summed E-state index contributed by atoms with van der Waals surface area (Å²) in [4.78, 5) is 11.6. The first-order valence-electron chi connectivity index (χ1n) is 6.34. The summed E-state index contributed by atoms with van der Waals surface area (Å²) < 4.78 is 0. The maximum Gasteiger partial charge on any atom is 0.220 e. The summed E-state index contributed by atoms with van der Waals surface area (Å²) in [5, 5.41) is 3.03. The fourth-order valence-corrected chi connectivity index (χ4v) is 1.99. The average molecular weight is 226 g/mol. The van der Waals surface area contributed by atoms with Gasteiger partial charge in [-0.05, 0) is 36.6 Å². The lowest BCUT2D eigenvalue weighted by Gasteiger charge is -2.41. The Morgan fingerprint density at radius 1 is 1.38 bits per heavy atom. The van der Waals surface area contributed by atoms with Crippen molar-refractivity contribution in [2.75, 3.05) is 13.1 Å². The van der Waals surface area contributed by atoms with E-state index in [0.29, 0.717) is 13.0 Å². The number of rotatable bonds is 5. The highest BCUT2D eigenvalue weighted by Crippen LogP contribution is 2.39. The van der Waals surface area contributed by atoms with Gasteiger partial charge in [0.05, 0.1) is 0 Å². The van der Waals surface area contributed by atoms with E-state index in [-0.39, 0.29) is 16.7 Å². The van der Waals surface area contributed by atoms with Crippen molar-refractivity contribution in [1.29, 1.82) is 0 Å². The number of carbonyl (C=O) groups is 1. The van der Waals surface area contributed by atoms with Crippen molar-refractivity contribution in [2.24, 2.45) is 16.6 Å². The molecule has 1 saturated carbocycles. The van der Waals surface area contributed by atoms with Crippen LogP contribution in [0.25, 0.3) is 0 Å². The zero-order chi connectivity index (χ0) is 12.2. The normalized spacial score (nSPS) is 19.0. The Balaban J connectivity index is 2.20. The second-order valence-electron chi connectivity index (χ2n) is 6.40. The van der Waals surface area contributed by atoms with Crippen LogP contribution in [0.1, 0.15) is 52.9 Å². The Hall–Kier alpha value is -0.570. The van der Waals surface area contributed by atoms with Crippen LogP contribution in [0.2, 0.25) is 0 Å². The number of nitrogens with two attached hydrogens (primary N) is 1. The Kier molecular flexibility index (Phi) is 4.36. The second kappa shape index (κ2) is 5.17. The van der Waals surface area contributed by atoms with Gasteiger partial charge in [-0.1, -0.05) is 27.2 Å². The molecule has 0 unspecified atom stereocenters. The zero-order valence-electron chi connectivity index (χ0n) is 10.9. The van der Waals surface area contributed by atoms with Crippen LogP contribution in [0, 0.1) is 10.8 Å². The van der Waals surface area contributed by atoms with E-state index in [2.05, 4.69) is 26.1 Å². The van der Waals surface area contributed by atoms with Crippen molar-refractivity contribution in [3.05, 3.63) is 0 Å². The van der Waals surface area contributed by atoms with E-state index in [1.807, 2.05) is 0 Å². The smallest absolute Gasteiger partial charge is 0.220 e. The van der Waals surface area contributed by atoms with E-state index in [1.54, 1.807) is 0 Å². The molecule has 0 aliphatic heterocycles. The molecule has 0 spiro atoms. The van der Waals surface area contributed by atoms with Gasteiger partial charge in [-0.15, -0.1) is 0 Å². The lowest BCUT2D eigenvalue weighted by atomic mass is 9.69. The Morgan fingerprint density at radius 3 is 2.38 bits per heavy atom. The third-order valence-electron chi connectivity index (χ3n) is 3.61. The Labute approximate surface area is 99.2 Å². The molecule has 1 fully saturated rings. The molecule has 3 N–H and O–H groups in total. The Bertz CT molecular complexity index is 233. The molecule has 0 saturated heterocycles. The minimum absolute atomic E-state index is 0.176. The predicted molar refractivity (Wildman–Crippen MR) is 67.0 cm³/mol.